The van der Waals surface area contributed by atoms with Gasteiger partial charge in [-0.15, -0.1) is 0 Å². The van der Waals surface area contributed by atoms with Crippen LogP contribution in [-0.4, -0.2) is 19.3 Å². The van der Waals surface area contributed by atoms with E-state index in [9.17, 15) is 0 Å². The van der Waals surface area contributed by atoms with Gasteiger partial charge in [-0.1, -0.05) is 50.5 Å². The highest BCUT2D eigenvalue weighted by atomic mass is 16.6. The number of hydrogen-bond donors (Lipinski definition) is 0. The lowest BCUT2D eigenvalue weighted by Gasteiger charge is -2.38. The Hall–Kier alpha value is -0.860. The van der Waals surface area contributed by atoms with E-state index in [-0.39, 0.29) is 0 Å². The van der Waals surface area contributed by atoms with E-state index in [4.69, 9.17) is 9.47 Å². The third-order valence-corrected chi connectivity index (χ3v) is 7.10. The van der Waals surface area contributed by atoms with Gasteiger partial charge < -0.3 is 9.47 Å². The molecule has 0 radical (unpaired) electrons. The van der Waals surface area contributed by atoms with Crippen LogP contribution in [0.25, 0.3) is 0 Å². The Bertz CT molecular complexity index is 532. The van der Waals surface area contributed by atoms with E-state index in [1.54, 1.807) is 0 Å². The number of hydrogen-bond acceptors (Lipinski definition) is 2. The number of epoxide rings is 1. The molecule has 4 rings (SSSR count). The Balaban J connectivity index is 1.16. The monoisotopic (exact) mass is 356 g/mol. The second kappa shape index (κ2) is 8.89. The first-order chi connectivity index (χ1) is 12.8. The number of benzene rings is 1. The highest BCUT2D eigenvalue weighted by Gasteiger charge is 2.31. The molecule has 3 fully saturated rings. The van der Waals surface area contributed by atoms with Gasteiger partial charge in [0.2, 0.25) is 0 Å². The van der Waals surface area contributed by atoms with Crippen molar-refractivity contribution in [1.82, 2.24) is 0 Å². The van der Waals surface area contributed by atoms with Gasteiger partial charge in [0.25, 0.3) is 0 Å². The molecule has 2 nitrogen and oxygen atoms in total. The molecule has 2 heterocycles. The Labute approximate surface area is 159 Å². The third kappa shape index (κ3) is 4.89. The van der Waals surface area contributed by atoms with Gasteiger partial charge in [0.05, 0.1) is 19.3 Å². The SMILES string of the molecule is CCCC1CCC(C2CCC(CCc3ccc(C4CO4)cc3)CC2)CO1. The molecule has 2 saturated heterocycles. The van der Waals surface area contributed by atoms with Crippen LogP contribution < -0.4 is 0 Å². The average Bonchev–Trinajstić information content (AvgIpc) is 3.54. The summed E-state index contributed by atoms with van der Waals surface area (Å²) in [7, 11) is 0. The third-order valence-electron chi connectivity index (χ3n) is 7.10. The van der Waals surface area contributed by atoms with Gasteiger partial charge in [-0.05, 0) is 73.8 Å². The molecule has 0 amide bonds. The lowest BCUT2D eigenvalue weighted by Crippen LogP contribution is -2.32. The van der Waals surface area contributed by atoms with Crippen LogP contribution in [0.1, 0.15) is 81.9 Å². The predicted molar refractivity (Wildman–Crippen MR) is 106 cm³/mol. The van der Waals surface area contributed by atoms with Crippen LogP contribution in [-0.2, 0) is 15.9 Å². The molecule has 1 aromatic rings. The summed E-state index contributed by atoms with van der Waals surface area (Å²) in [6, 6.07) is 9.15. The summed E-state index contributed by atoms with van der Waals surface area (Å²) in [5.41, 5.74) is 2.85. The predicted octanol–water partition coefficient (Wildman–Crippen LogP) is 6.09. The van der Waals surface area contributed by atoms with Gasteiger partial charge in [0, 0.05) is 0 Å². The van der Waals surface area contributed by atoms with Crippen molar-refractivity contribution < 1.29 is 9.47 Å². The topological polar surface area (TPSA) is 21.8 Å². The minimum Gasteiger partial charge on any atom is -0.378 e. The van der Waals surface area contributed by atoms with Crippen LogP contribution in [0.2, 0.25) is 0 Å². The lowest BCUT2D eigenvalue weighted by molar-refractivity contribution is -0.0421. The fourth-order valence-corrected chi connectivity index (χ4v) is 5.21. The second-order valence-corrected chi connectivity index (χ2v) is 8.96. The first kappa shape index (κ1) is 18.5. The second-order valence-electron chi connectivity index (χ2n) is 8.96. The molecule has 0 N–H and O–H groups in total. The lowest BCUT2D eigenvalue weighted by atomic mass is 9.72. The zero-order chi connectivity index (χ0) is 17.8. The van der Waals surface area contributed by atoms with Crippen molar-refractivity contribution in [1.29, 1.82) is 0 Å². The molecule has 3 unspecified atom stereocenters. The number of aryl methyl sites for hydroxylation is 1. The van der Waals surface area contributed by atoms with Crippen LogP contribution in [0.15, 0.2) is 24.3 Å². The van der Waals surface area contributed by atoms with Crippen LogP contribution >= 0.6 is 0 Å². The van der Waals surface area contributed by atoms with Crippen LogP contribution in [0, 0.1) is 17.8 Å². The van der Waals surface area contributed by atoms with Gasteiger partial charge in [-0.3, -0.25) is 0 Å². The summed E-state index contributed by atoms with van der Waals surface area (Å²) in [5, 5.41) is 0. The molecule has 1 aromatic carbocycles. The molecule has 0 bridgehead atoms. The van der Waals surface area contributed by atoms with Gasteiger partial charge in [-0.2, -0.15) is 0 Å². The van der Waals surface area contributed by atoms with E-state index in [1.165, 1.54) is 75.3 Å². The maximum atomic E-state index is 6.14. The fourth-order valence-electron chi connectivity index (χ4n) is 5.21. The molecule has 2 heteroatoms. The average molecular weight is 357 g/mol. The van der Waals surface area contributed by atoms with Gasteiger partial charge in [0.1, 0.15) is 6.10 Å². The van der Waals surface area contributed by atoms with Crippen LogP contribution in [0.4, 0.5) is 0 Å². The molecule has 26 heavy (non-hydrogen) atoms. The molecule has 1 saturated carbocycles. The van der Waals surface area contributed by atoms with E-state index in [2.05, 4.69) is 31.2 Å². The normalized spacial score (nSPS) is 34.6. The Morgan fingerprint density at radius 3 is 2.15 bits per heavy atom. The standard InChI is InChI=1S/C24H36O2/c1-2-3-23-15-14-22(16-25-23)20-10-6-18(7-11-20)4-5-19-8-12-21(13-9-19)24-17-26-24/h8-9,12-13,18,20,22-24H,2-7,10-11,14-17H2,1H3. The zero-order valence-electron chi connectivity index (χ0n) is 16.5. The molecule has 2 aliphatic heterocycles. The Morgan fingerprint density at radius 2 is 1.54 bits per heavy atom. The van der Waals surface area contributed by atoms with E-state index in [0.29, 0.717) is 12.2 Å². The van der Waals surface area contributed by atoms with Crippen molar-refractivity contribution >= 4 is 0 Å². The van der Waals surface area contributed by atoms with E-state index >= 15 is 0 Å². The molecular weight excluding hydrogens is 320 g/mol. The Morgan fingerprint density at radius 1 is 0.808 bits per heavy atom. The summed E-state index contributed by atoms with van der Waals surface area (Å²) in [6.07, 6.45) is 14.6. The minimum absolute atomic E-state index is 0.389. The van der Waals surface area contributed by atoms with Crippen LogP contribution in [0.5, 0.6) is 0 Å². The molecule has 0 spiro atoms. The largest absolute Gasteiger partial charge is 0.378 e. The van der Waals surface area contributed by atoms with Gasteiger partial charge in [0.15, 0.2) is 0 Å². The highest BCUT2D eigenvalue weighted by Crippen LogP contribution is 2.39. The maximum absolute atomic E-state index is 6.14. The zero-order valence-corrected chi connectivity index (χ0v) is 16.5. The van der Waals surface area contributed by atoms with Crippen molar-refractivity contribution in [2.24, 2.45) is 17.8 Å². The van der Waals surface area contributed by atoms with Crippen molar-refractivity contribution in [3.05, 3.63) is 35.4 Å². The number of rotatable bonds is 7. The molecule has 0 aromatic heterocycles. The maximum Gasteiger partial charge on any atom is 0.106 e. The van der Waals surface area contributed by atoms with E-state index < -0.39 is 0 Å². The first-order valence-electron chi connectivity index (χ1n) is 11.1. The van der Waals surface area contributed by atoms with Crippen molar-refractivity contribution in [2.75, 3.05) is 13.2 Å². The number of ether oxygens (including phenoxy) is 2. The fraction of sp³-hybridized carbons (Fsp3) is 0.750. The minimum atomic E-state index is 0.389. The van der Waals surface area contributed by atoms with Crippen LogP contribution in [0.3, 0.4) is 0 Å². The van der Waals surface area contributed by atoms with Crippen molar-refractivity contribution in [3.8, 4) is 0 Å². The van der Waals surface area contributed by atoms with E-state index in [1.807, 2.05) is 0 Å². The van der Waals surface area contributed by atoms with Crippen molar-refractivity contribution in [2.45, 2.75) is 83.3 Å². The highest BCUT2D eigenvalue weighted by molar-refractivity contribution is 5.26. The van der Waals surface area contributed by atoms with Gasteiger partial charge in [-0.25, -0.2) is 0 Å². The quantitative estimate of drug-likeness (QED) is 0.551. The summed E-state index contributed by atoms with van der Waals surface area (Å²) in [4.78, 5) is 0. The van der Waals surface area contributed by atoms with Crippen molar-refractivity contribution in [3.63, 3.8) is 0 Å². The summed E-state index contributed by atoms with van der Waals surface area (Å²) in [5.74, 6) is 2.72. The molecule has 144 valence electrons. The Kier molecular flexibility index (Phi) is 6.32. The molecular formula is C24H36O2. The molecule has 3 aliphatic rings. The molecule has 3 atom stereocenters. The summed E-state index contributed by atoms with van der Waals surface area (Å²) < 4.78 is 11.5. The first-order valence-corrected chi connectivity index (χ1v) is 11.1. The summed E-state index contributed by atoms with van der Waals surface area (Å²) >= 11 is 0. The summed E-state index contributed by atoms with van der Waals surface area (Å²) in [6.45, 7) is 4.22. The smallest absolute Gasteiger partial charge is 0.106 e. The van der Waals surface area contributed by atoms with E-state index in [0.717, 1.165) is 31.0 Å². The molecule has 1 aliphatic carbocycles. The van der Waals surface area contributed by atoms with Gasteiger partial charge >= 0.3 is 0 Å².